The summed E-state index contributed by atoms with van der Waals surface area (Å²) >= 11 is 7.43. The highest BCUT2D eigenvalue weighted by molar-refractivity contribution is 7.91. The van der Waals surface area contributed by atoms with E-state index in [1.165, 1.54) is 23.5 Å². The fraction of sp³-hybridized carbons (Fsp3) is 0.162. The number of anilines is 1. The van der Waals surface area contributed by atoms with Gasteiger partial charge in [0.1, 0.15) is 10.8 Å². The molecule has 0 radical (unpaired) electrons. The van der Waals surface area contributed by atoms with Crippen LogP contribution >= 0.6 is 22.9 Å². The van der Waals surface area contributed by atoms with E-state index in [2.05, 4.69) is 10.3 Å². The molecule has 0 atom stereocenters. The summed E-state index contributed by atoms with van der Waals surface area (Å²) in [5.41, 5.74) is 4.31. The second-order valence-corrected chi connectivity index (χ2v) is 14.1. The van der Waals surface area contributed by atoms with Crippen molar-refractivity contribution in [3.8, 4) is 17.0 Å². The van der Waals surface area contributed by atoms with Gasteiger partial charge in [-0.25, -0.2) is 18.2 Å². The summed E-state index contributed by atoms with van der Waals surface area (Å²) in [5.74, 6) is -0.703. The van der Waals surface area contributed by atoms with E-state index in [0.29, 0.717) is 29.1 Å². The van der Waals surface area contributed by atoms with E-state index < -0.39 is 15.8 Å². The lowest BCUT2D eigenvalue weighted by Gasteiger charge is -2.14. The fourth-order valence-corrected chi connectivity index (χ4v) is 6.93. The van der Waals surface area contributed by atoms with Gasteiger partial charge >= 0.3 is 5.97 Å². The number of halogens is 1. The van der Waals surface area contributed by atoms with Crippen molar-refractivity contribution in [1.29, 1.82) is 0 Å². The number of benzene rings is 4. The van der Waals surface area contributed by atoms with Crippen molar-refractivity contribution in [3.63, 3.8) is 0 Å². The Kier molecular flexibility index (Phi) is 11.8. The third-order valence-electron chi connectivity index (χ3n) is 7.15. The van der Waals surface area contributed by atoms with Crippen LogP contribution in [-0.4, -0.2) is 44.2 Å². The summed E-state index contributed by atoms with van der Waals surface area (Å²) in [6.45, 7) is 1.58. The molecule has 0 unspecified atom stereocenters. The first-order valence-electron chi connectivity index (χ1n) is 15.2. The summed E-state index contributed by atoms with van der Waals surface area (Å²) in [7, 11) is -3.50. The van der Waals surface area contributed by atoms with Crippen LogP contribution in [0.5, 0.6) is 5.75 Å². The van der Waals surface area contributed by atoms with Gasteiger partial charge in [0.2, 0.25) is 0 Å². The molecule has 0 aliphatic rings. The average Bonchev–Trinajstić information content (AvgIpc) is 3.57. The number of carbonyl (C=O) groups excluding carboxylic acids is 2. The number of sulfone groups is 1. The molecule has 5 aromatic rings. The normalized spacial score (nSPS) is 11.4. The molecule has 11 heteroatoms. The van der Waals surface area contributed by atoms with E-state index in [4.69, 9.17) is 21.1 Å². The minimum absolute atomic E-state index is 0.0632. The van der Waals surface area contributed by atoms with Gasteiger partial charge in [0.15, 0.2) is 16.4 Å². The Morgan fingerprint density at radius 2 is 1.73 bits per heavy atom. The van der Waals surface area contributed by atoms with Crippen LogP contribution in [0, 0.1) is 0 Å². The number of amides is 1. The molecule has 0 spiro atoms. The highest BCUT2D eigenvalue weighted by atomic mass is 35.5. The van der Waals surface area contributed by atoms with Crippen molar-refractivity contribution in [2.24, 2.45) is 0 Å². The van der Waals surface area contributed by atoms with Crippen LogP contribution in [0.15, 0.2) is 107 Å². The molecule has 0 saturated heterocycles. The Morgan fingerprint density at radius 3 is 2.50 bits per heavy atom. The van der Waals surface area contributed by atoms with Gasteiger partial charge in [0, 0.05) is 21.5 Å². The van der Waals surface area contributed by atoms with Crippen LogP contribution in [0.1, 0.15) is 39.8 Å². The van der Waals surface area contributed by atoms with Crippen molar-refractivity contribution < 1.29 is 27.5 Å². The SMILES string of the molecule is CCOC(=O)COc1ccc(CCCS(=O)(=O)c2ccc(Cl)cc2)cc1NC(=O)c1cccc(C=Cc2nc(-c3ccccc3)cs2)c1. The second-order valence-electron chi connectivity index (χ2n) is 10.7. The Labute approximate surface area is 289 Å². The fourth-order valence-electron chi connectivity index (χ4n) is 4.77. The number of nitrogens with one attached hydrogen (secondary N) is 1. The molecular formula is C37H33ClN2O6S2. The quantitative estimate of drug-likeness (QED) is 0.116. The molecule has 0 bridgehead atoms. The molecular weight excluding hydrogens is 668 g/mol. The van der Waals surface area contributed by atoms with E-state index in [1.54, 1.807) is 55.5 Å². The highest BCUT2D eigenvalue weighted by Crippen LogP contribution is 2.28. The lowest BCUT2D eigenvalue weighted by atomic mass is 10.1. The van der Waals surface area contributed by atoms with Gasteiger partial charge in [-0.3, -0.25) is 4.79 Å². The minimum Gasteiger partial charge on any atom is -0.480 e. The smallest absolute Gasteiger partial charge is 0.344 e. The number of nitrogens with zero attached hydrogens (tertiary/aromatic N) is 1. The standard InChI is InChI=1S/C37H33ClN2O6S2/c1-2-45-36(41)24-46-34-19-13-27(9-7-21-48(43,44)31-17-15-30(38)16-18-31)23-32(34)40-37(42)29-12-6-8-26(22-29)14-20-35-39-33(25-47-35)28-10-4-3-5-11-28/h3-6,8,10-20,22-23,25H,2,7,9,21,24H2,1H3,(H,40,42). The first kappa shape index (κ1) is 34.6. The Hall–Kier alpha value is -4.77. The van der Waals surface area contributed by atoms with Gasteiger partial charge in [-0.05, 0) is 85.5 Å². The van der Waals surface area contributed by atoms with Gasteiger partial charge in [-0.1, -0.05) is 66.2 Å². The molecule has 0 aliphatic heterocycles. The lowest BCUT2D eigenvalue weighted by molar-refractivity contribution is -0.145. The third-order valence-corrected chi connectivity index (χ3v) is 10.0. The van der Waals surface area contributed by atoms with Crippen molar-refractivity contribution in [1.82, 2.24) is 4.98 Å². The monoisotopic (exact) mass is 700 g/mol. The van der Waals surface area contributed by atoms with Crippen molar-refractivity contribution in [2.45, 2.75) is 24.7 Å². The maximum Gasteiger partial charge on any atom is 0.344 e. The van der Waals surface area contributed by atoms with Gasteiger partial charge in [-0.15, -0.1) is 11.3 Å². The number of rotatable bonds is 14. The van der Waals surface area contributed by atoms with E-state index >= 15 is 0 Å². The van der Waals surface area contributed by atoms with E-state index in [-0.39, 0.29) is 35.5 Å². The minimum atomic E-state index is -3.50. The van der Waals surface area contributed by atoms with Crippen LogP contribution in [0.4, 0.5) is 5.69 Å². The molecule has 0 aliphatic carbocycles. The van der Waals surface area contributed by atoms with Crippen LogP contribution < -0.4 is 10.1 Å². The Balaban J connectivity index is 1.29. The number of ether oxygens (including phenoxy) is 2. The molecule has 8 nitrogen and oxygen atoms in total. The third kappa shape index (κ3) is 9.63. The Morgan fingerprint density at radius 1 is 0.938 bits per heavy atom. The van der Waals surface area contributed by atoms with Crippen LogP contribution in [0.3, 0.4) is 0 Å². The average molecular weight is 701 g/mol. The molecule has 1 amide bonds. The Bertz CT molecular complexity index is 2010. The van der Waals surface area contributed by atoms with Crippen molar-refractivity contribution in [3.05, 3.63) is 129 Å². The summed E-state index contributed by atoms with van der Waals surface area (Å²) in [6, 6.07) is 28.3. The molecule has 0 saturated carbocycles. The summed E-state index contributed by atoms with van der Waals surface area (Å²) < 4.78 is 36.3. The molecule has 0 fully saturated rings. The van der Waals surface area contributed by atoms with E-state index in [1.807, 2.05) is 53.9 Å². The zero-order valence-electron chi connectivity index (χ0n) is 26.1. The number of aryl methyl sites for hydroxylation is 1. The molecule has 5 rings (SSSR count). The number of carbonyl (C=O) groups is 2. The summed E-state index contributed by atoms with van der Waals surface area (Å²) in [6.07, 6.45) is 4.58. The summed E-state index contributed by atoms with van der Waals surface area (Å²) in [5, 5.41) is 6.21. The van der Waals surface area contributed by atoms with Crippen LogP contribution in [0.2, 0.25) is 5.02 Å². The van der Waals surface area contributed by atoms with E-state index in [0.717, 1.165) is 27.4 Å². The van der Waals surface area contributed by atoms with Crippen LogP contribution in [0.25, 0.3) is 23.4 Å². The molecule has 246 valence electrons. The second kappa shape index (κ2) is 16.4. The van der Waals surface area contributed by atoms with Gasteiger partial charge in [-0.2, -0.15) is 0 Å². The topological polar surface area (TPSA) is 112 Å². The molecule has 4 aromatic carbocycles. The summed E-state index contributed by atoms with van der Waals surface area (Å²) in [4.78, 5) is 30.3. The molecule has 48 heavy (non-hydrogen) atoms. The van der Waals surface area contributed by atoms with Gasteiger partial charge in [0.05, 0.1) is 28.6 Å². The predicted molar refractivity (Wildman–Crippen MR) is 191 cm³/mol. The number of aromatic nitrogens is 1. The largest absolute Gasteiger partial charge is 0.480 e. The first-order valence-corrected chi connectivity index (χ1v) is 18.1. The number of esters is 1. The van der Waals surface area contributed by atoms with Gasteiger partial charge in [0.25, 0.3) is 5.91 Å². The number of hydrogen-bond acceptors (Lipinski definition) is 8. The zero-order valence-corrected chi connectivity index (χ0v) is 28.5. The van der Waals surface area contributed by atoms with Crippen molar-refractivity contribution in [2.75, 3.05) is 24.3 Å². The van der Waals surface area contributed by atoms with E-state index in [9.17, 15) is 18.0 Å². The number of hydrogen-bond donors (Lipinski definition) is 1. The maximum absolute atomic E-state index is 13.4. The molecule has 1 heterocycles. The molecule has 1 aromatic heterocycles. The number of thiazole rings is 1. The van der Waals surface area contributed by atoms with Gasteiger partial charge < -0.3 is 14.8 Å². The predicted octanol–water partition coefficient (Wildman–Crippen LogP) is 8.23. The lowest BCUT2D eigenvalue weighted by Crippen LogP contribution is -2.17. The van der Waals surface area contributed by atoms with Crippen molar-refractivity contribution >= 4 is 62.5 Å². The van der Waals surface area contributed by atoms with Crippen LogP contribution in [-0.2, 0) is 25.8 Å². The maximum atomic E-state index is 13.4. The molecule has 1 N–H and O–H groups in total. The zero-order chi connectivity index (χ0) is 33.9. The first-order chi connectivity index (χ1) is 23.2. The highest BCUT2D eigenvalue weighted by Gasteiger charge is 2.16.